The summed E-state index contributed by atoms with van der Waals surface area (Å²) >= 11 is 4.31. The molecule has 0 aliphatic heterocycles. The molecule has 0 saturated carbocycles. The third-order valence-corrected chi connectivity index (χ3v) is 5.73. The number of anilines is 1. The molecule has 3 rings (SSSR count). The van der Waals surface area contributed by atoms with Gasteiger partial charge in [-0.25, -0.2) is 0 Å². The van der Waals surface area contributed by atoms with Crippen LogP contribution in [-0.4, -0.2) is 5.91 Å². The Morgan fingerprint density at radius 3 is 2.86 bits per heavy atom. The zero-order valence-corrected chi connectivity index (χ0v) is 14.5. The summed E-state index contributed by atoms with van der Waals surface area (Å²) in [6.45, 7) is 0. The van der Waals surface area contributed by atoms with Gasteiger partial charge in [-0.2, -0.15) is 0 Å². The number of halogens is 1. The molecule has 0 saturated heterocycles. The van der Waals surface area contributed by atoms with Gasteiger partial charge < -0.3 is 11.1 Å². The first-order valence-corrected chi connectivity index (χ1v) is 8.93. The van der Waals surface area contributed by atoms with Crippen molar-refractivity contribution < 1.29 is 4.79 Å². The van der Waals surface area contributed by atoms with Crippen LogP contribution in [0.25, 0.3) is 0 Å². The Labute approximate surface area is 142 Å². The fourth-order valence-corrected chi connectivity index (χ4v) is 4.91. The quantitative estimate of drug-likeness (QED) is 0.750. The Balaban J connectivity index is 1.74. The number of amides is 1. The summed E-state index contributed by atoms with van der Waals surface area (Å²) in [7, 11) is 0. The van der Waals surface area contributed by atoms with E-state index in [1.807, 2.05) is 35.6 Å². The van der Waals surface area contributed by atoms with E-state index in [0.29, 0.717) is 12.5 Å². The van der Waals surface area contributed by atoms with Crippen molar-refractivity contribution in [2.24, 2.45) is 5.73 Å². The Morgan fingerprint density at radius 1 is 1.38 bits per heavy atom. The Bertz CT molecular complexity index is 651. The maximum absolute atomic E-state index is 10.9. The van der Waals surface area contributed by atoms with Crippen molar-refractivity contribution in [2.75, 3.05) is 5.32 Å². The molecular formula is C16H17IN2OS. The molecule has 5 heteroatoms. The average molecular weight is 412 g/mol. The molecule has 0 fully saturated rings. The van der Waals surface area contributed by atoms with E-state index in [9.17, 15) is 4.79 Å². The fraction of sp³-hybridized carbons (Fsp3) is 0.312. The molecule has 1 aliphatic carbocycles. The molecular weight excluding hydrogens is 395 g/mol. The number of hydrogen-bond donors (Lipinski definition) is 2. The second-order valence-corrected chi connectivity index (χ2v) is 8.39. The Morgan fingerprint density at radius 2 is 2.14 bits per heavy atom. The molecule has 0 bridgehead atoms. The molecule has 3 N–H and O–H groups in total. The number of carbonyl (C=O) groups is 1. The second-order valence-electron chi connectivity index (χ2n) is 5.36. The molecule has 3 nitrogen and oxygen atoms in total. The van der Waals surface area contributed by atoms with Crippen LogP contribution in [0.2, 0.25) is 0 Å². The number of nitrogens with two attached hydrogens (primary N) is 1. The van der Waals surface area contributed by atoms with Gasteiger partial charge in [0.2, 0.25) is 5.91 Å². The molecule has 0 radical (unpaired) electrons. The van der Waals surface area contributed by atoms with Crippen molar-refractivity contribution in [1.82, 2.24) is 0 Å². The van der Waals surface area contributed by atoms with Crippen LogP contribution < -0.4 is 11.1 Å². The van der Waals surface area contributed by atoms with Gasteiger partial charge >= 0.3 is 0 Å². The molecule has 0 spiro atoms. The van der Waals surface area contributed by atoms with E-state index < -0.39 is 0 Å². The van der Waals surface area contributed by atoms with Crippen LogP contribution in [-0.2, 0) is 17.6 Å². The zero-order chi connectivity index (χ0) is 14.8. The highest BCUT2D eigenvalue weighted by Crippen LogP contribution is 2.38. The third-order valence-electron chi connectivity index (χ3n) is 3.76. The zero-order valence-electron chi connectivity index (χ0n) is 11.6. The van der Waals surface area contributed by atoms with E-state index in [4.69, 9.17) is 5.73 Å². The minimum absolute atomic E-state index is 0.291. The summed E-state index contributed by atoms with van der Waals surface area (Å²) < 4.78 is 1.36. The molecule has 1 aliphatic rings. The van der Waals surface area contributed by atoms with Crippen LogP contribution >= 0.6 is 33.9 Å². The predicted molar refractivity (Wildman–Crippen MR) is 95.7 cm³/mol. The number of nitrogens with one attached hydrogen (secondary N) is 1. The third kappa shape index (κ3) is 3.58. The van der Waals surface area contributed by atoms with Crippen LogP contribution in [0.4, 0.5) is 5.69 Å². The summed E-state index contributed by atoms with van der Waals surface area (Å²) in [4.78, 5) is 12.4. The number of aryl methyl sites for hydroxylation is 1. The highest BCUT2D eigenvalue weighted by molar-refractivity contribution is 14.1. The fourth-order valence-electron chi connectivity index (χ4n) is 2.79. The van der Waals surface area contributed by atoms with E-state index in [0.717, 1.165) is 11.3 Å². The second kappa shape index (κ2) is 6.36. The van der Waals surface area contributed by atoms with Crippen molar-refractivity contribution in [3.05, 3.63) is 49.2 Å². The lowest BCUT2D eigenvalue weighted by Crippen LogP contribution is -2.16. The Hall–Kier alpha value is -1.08. The van der Waals surface area contributed by atoms with Crippen molar-refractivity contribution in [1.29, 1.82) is 0 Å². The highest BCUT2D eigenvalue weighted by atomic mass is 127. The van der Waals surface area contributed by atoms with Gasteiger partial charge in [0.15, 0.2) is 0 Å². The summed E-state index contributed by atoms with van der Waals surface area (Å²) in [5.41, 5.74) is 8.73. The van der Waals surface area contributed by atoms with Crippen molar-refractivity contribution in [3.8, 4) is 0 Å². The molecule has 1 unspecified atom stereocenters. The first-order valence-electron chi connectivity index (χ1n) is 7.04. The van der Waals surface area contributed by atoms with Crippen molar-refractivity contribution >= 4 is 45.5 Å². The molecule has 110 valence electrons. The number of carbonyl (C=O) groups excluding carboxylic acids is 1. The average Bonchev–Trinajstić information content (AvgIpc) is 2.82. The van der Waals surface area contributed by atoms with Crippen LogP contribution in [0.3, 0.4) is 0 Å². The normalized spacial score (nSPS) is 17.3. The summed E-state index contributed by atoms with van der Waals surface area (Å²) in [6.07, 6.45) is 3.92. The van der Waals surface area contributed by atoms with E-state index >= 15 is 0 Å². The minimum atomic E-state index is -0.291. The van der Waals surface area contributed by atoms with Crippen molar-refractivity contribution in [2.45, 2.75) is 31.7 Å². The van der Waals surface area contributed by atoms with Crippen LogP contribution in [0, 0.1) is 2.88 Å². The maximum Gasteiger partial charge on any atom is 0.221 e. The largest absolute Gasteiger partial charge is 0.378 e. The number of thiophene rings is 1. The van der Waals surface area contributed by atoms with Gasteiger partial charge in [0.05, 0.1) is 15.3 Å². The smallest absolute Gasteiger partial charge is 0.221 e. The van der Waals surface area contributed by atoms with Gasteiger partial charge in [-0.3, -0.25) is 4.79 Å². The van der Waals surface area contributed by atoms with Crippen molar-refractivity contribution in [3.63, 3.8) is 0 Å². The highest BCUT2D eigenvalue weighted by Gasteiger charge is 2.22. The van der Waals surface area contributed by atoms with E-state index in [2.05, 4.69) is 34.0 Å². The molecule has 1 amide bonds. The van der Waals surface area contributed by atoms with E-state index in [1.54, 1.807) is 0 Å². The van der Waals surface area contributed by atoms with E-state index in [-0.39, 0.29) is 5.91 Å². The molecule has 1 aromatic carbocycles. The van der Waals surface area contributed by atoms with Gasteiger partial charge in [0.25, 0.3) is 0 Å². The number of benzene rings is 1. The monoisotopic (exact) mass is 412 g/mol. The molecule has 1 heterocycles. The summed E-state index contributed by atoms with van der Waals surface area (Å²) in [5.74, 6) is -0.291. The topological polar surface area (TPSA) is 55.1 Å². The first-order chi connectivity index (χ1) is 10.1. The standard InChI is InChI=1S/C16H17IN2OS/c17-15-9-12-13(2-1-3-14(12)21-15)19-11-6-4-10(5-7-11)8-16(18)20/h4-7,9,13,19H,1-3,8H2,(H2,18,20). The molecule has 21 heavy (non-hydrogen) atoms. The minimum Gasteiger partial charge on any atom is -0.378 e. The molecule has 2 aromatic rings. The SMILES string of the molecule is NC(=O)Cc1ccc(NC2CCCc3sc(I)cc32)cc1. The predicted octanol–water partition coefficient (Wildman–Crippen LogP) is 3.87. The lowest BCUT2D eigenvalue weighted by atomic mass is 9.94. The van der Waals surface area contributed by atoms with Gasteiger partial charge in [0.1, 0.15) is 0 Å². The lowest BCUT2D eigenvalue weighted by molar-refractivity contribution is -0.117. The molecule has 1 aromatic heterocycles. The number of primary amides is 1. The summed E-state index contributed by atoms with van der Waals surface area (Å²) in [6, 6.07) is 10.7. The Kier molecular flexibility index (Phi) is 4.49. The van der Waals surface area contributed by atoms with Gasteiger partial charge in [-0.05, 0) is 71.2 Å². The van der Waals surface area contributed by atoms with Crippen LogP contribution in [0.5, 0.6) is 0 Å². The van der Waals surface area contributed by atoms with E-state index in [1.165, 1.54) is 32.6 Å². The van der Waals surface area contributed by atoms with Crippen LogP contribution in [0.15, 0.2) is 30.3 Å². The number of fused-ring (bicyclic) bond motifs is 1. The van der Waals surface area contributed by atoms with Gasteiger partial charge in [-0.15, -0.1) is 11.3 Å². The van der Waals surface area contributed by atoms with Gasteiger partial charge in [0, 0.05) is 10.6 Å². The maximum atomic E-state index is 10.9. The molecule has 1 atom stereocenters. The number of rotatable bonds is 4. The van der Waals surface area contributed by atoms with Crippen LogP contribution in [0.1, 0.15) is 34.9 Å². The lowest BCUT2D eigenvalue weighted by Gasteiger charge is -2.24. The first kappa shape index (κ1) is 14.8. The number of hydrogen-bond acceptors (Lipinski definition) is 3. The summed E-state index contributed by atoms with van der Waals surface area (Å²) in [5, 5.41) is 3.62. The van der Waals surface area contributed by atoms with Gasteiger partial charge in [-0.1, -0.05) is 12.1 Å².